The molecule has 23 heavy (non-hydrogen) atoms. The molecule has 2 fully saturated rings. The largest absolute Gasteiger partial charge is 0.326 e. The lowest BCUT2D eigenvalue weighted by Gasteiger charge is -2.37. The summed E-state index contributed by atoms with van der Waals surface area (Å²) in [5, 5.41) is 13.2. The van der Waals surface area contributed by atoms with Crippen LogP contribution >= 0.6 is 0 Å². The van der Waals surface area contributed by atoms with Crippen molar-refractivity contribution in [2.75, 3.05) is 18.4 Å². The van der Waals surface area contributed by atoms with Gasteiger partial charge in [0.15, 0.2) is 5.82 Å². The molecule has 6 nitrogen and oxygen atoms in total. The first kappa shape index (κ1) is 14.4. The van der Waals surface area contributed by atoms with Crippen LogP contribution in [0.25, 0.3) is 11.4 Å². The Balaban J connectivity index is 1.50. The minimum atomic E-state index is -0.220. The van der Waals surface area contributed by atoms with E-state index in [1.54, 1.807) is 0 Å². The summed E-state index contributed by atoms with van der Waals surface area (Å²) in [7, 11) is 0. The number of carbonyl (C=O) groups excluding carboxylic acids is 1. The first-order valence-corrected chi connectivity index (χ1v) is 8.26. The van der Waals surface area contributed by atoms with E-state index < -0.39 is 0 Å². The molecule has 1 aliphatic carbocycles. The number of aromatic nitrogens is 3. The molecule has 1 amide bonds. The number of nitrogens with zero attached hydrogens (tertiary/aromatic N) is 2. The number of amides is 1. The van der Waals surface area contributed by atoms with E-state index in [1.807, 2.05) is 24.3 Å². The second-order valence-corrected chi connectivity index (χ2v) is 6.60. The molecular weight excluding hydrogens is 290 g/mol. The lowest BCUT2D eigenvalue weighted by Crippen LogP contribution is -2.44. The van der Waals surface area contributed by atoms with Crippen LogP contribution in [0.2, 0.25) is 0 Å². The molecule has 1 saturated carbocycles. The number of H-pyrrole nitrogens is 1. The van der Waals surface area contributed by atoms with Crippen molar-refractivity contribution in [3.8, 4) is 11.4 Å². The molecular formula is C17H21N5O. The zero-order valence-corrected chi connectivity index (χ0v) is 13.0. The summed E-state index contributed by atoms with van der Waals surface area (Å²) in [6.45, 7) is 1.78. The summed E-state index contributed by atoms with van der Waals surface area (Å²) in [6.07, 6.45) is 6.03. The van der Waals surface area contributed by atoms with E-state index in [2.05, 4.69) is 25.8 Å². The Bertz CT molecular complexity index is 682. The van der Waals surface area contributed by atoms with Crippen molar-refractivity contribution in [2.24, 2.45) is 11.3 Å². The lowest BCUT2D eigenvalue weighted by atomic mass is 9.67. The maximum absolute atomic E-state index is 12.9. The number of hydrogen-bond donors (Lipinski definition) is 3. The number of hydrogen-bond acceptors (Lipinski definition) is 4. The van der Waals surface area contributed by atoms with E-state index in [4.69, 9.17) is 0 Å². The van der Waals surface area contributed by atoms with Crippen LogP contribution in [0, 0.1) is 11.3 Å². The van der Waals surface area contributed by atoms with Crippen LogP contribution in [0.15, 0.2) is 30.6 Å². The van der Waals surface area contributed by atoms with Gasteiger partial charge in [0.25, 0.3) is 0 Å². The number of fused-ring (bicyclic) bond motifs is 1. The second-order valence-electron chi connectivity index (χ2n) is 6.60. The SMILES string of the molecule is O=C(Nc1ccc(-c2ncn[nH]2)cc1)[C@@]12CCCC[C@H]1CNC2. The molecule has 120 valence electrons. The maximum Gasteiger partial charge on any atom is 0.232 e. The van der Waals surface area contributed by atoms with Gasteiger partial charge in [-0.15, -0.1) is 0 Å². The number of aromatic amines is 1. The predicted molar refractivity (Wildman–Crippen MR) is 87.7 cm³/mol. The summed E-state index contributed by atoms with van der Waals surface area (Å²) in [5.41, 5.74) is 1.57. The first-order chi connectivity index (χ1) is 11.3. The van der Waals surface area contributed by atoms with Gasteiger partial charge in [-0.1, -0.05) is 12.8 Å². The minimum absolute atomic E-state index is 0.166. The lowest BCUT2D eigenvalue weighted by molar-refractivity contribution is -0.128. The fraction of sp³-hybridized carbons (Fsp3) is 0.471. The Morgan fingerprint density at radius 3 is 2.91 bits per heavy atom. The molecule has 6 heteroatoms. The topological polar surface area (TPSA) is 82.7 Å². The van der Waals surface area contributed by atoms with Crippen LogP contribution in [-0.4, -0.2) is 34.2 Å². The van der Waals surface area contributed by atoms with E-state index in [-0.39, 0.29) is 11.3 Å². The van der Waals surface area contributed by atoms with Gasteiger partial charge >= 0.3 is 0 Å². The van der Waals surface area contributed by atoms with Gasteiger partial charge in [0, 0.05) is 17.8 Å². The van der Waals surface area contributed by atoms with Crippen LogP contribution in [-0.2, 0) is 4.79 Å². The van der Waals surface area contributed by atoms with Crippen molar-refractivity contribution in [1.82, 2.24) is 20.5 Å². The Kier molecular flexibility index (Phi) is 3.61. The molecule has 0 spiro atoms. The first-order valence-electron chi connectivity index (χ1n) is 8.26. The fourth-order valence-corrected chi connectivity index (χ4v) is 4.00. The van der Waals surface area contributed by atoms with Crippen LogP contribution in [0.4, 0.5) is 5.69 Å². The van der Waals surface area contributed by atoms with Crippen molar-refractivity contribution in [3.05, 3.63) is 30.6 Å². The van der Waals surface area contributed by atoms with Crippen molar-refractivity contribution < 1.29 is 4.79 Å². The van der Waals surface area contributed by atoms with Crippen molar-refractivity contribution in [3.63, 3.8) is 0 Å². The van der Waals surface area contributed by atoms with Gasteiger partial charge < -0.3 is 10.6 Å². The Morgan fingerprint density at radius 1 is 1.26 bits per heavy atom. The van der Waals surface area contributed by atoms with E-state index in [0.717, 1.165) is 49.4 Å². The van der Waals surface area contributed by atoms with Crippen LogP contribution in [0.3, 0.4) is 0 Å². The van der Waals surface area contributed by atoms with Crippen LogP contribution in [0.1, 0.15) is 25.7 Å². The van der Waals surface area contributed by atoms with Crippen molar-refractivity contribution >= 4 is 11.6 Å². The van der Waals surface area contributed by atoms with Gasteiger partial charge in [-0.05, 0) is 49.6 Å². The van der Waals surface area contributed by atoms with Crippen LogP contribution in [0.5, 0.6) is 0 Å². The van der Waals surface area contributed by atoms with Gasteiger partial charge in [-0.25, -0.2) is 4.98 Å². The molecule has 3 N–H and O–H groups in total. The highest BCUT2D eigenvalue weighted by atomic mass is 16.2. The smallest absolute Gasteiger partial charge is 0.232 e. The number of nitrogens with one attached hydrogen (secondary N) is 3. The van der Waals surface area contributed by atoms with Gasteiger partial charge in [-0.2, -0.15) is 5.10 Å². The molecule has 0 bridgehead atoms. The summed E-state index contributed by atoms with van der Waals surface area (Å²) >= 11 is 0. The summed E-state index contributed by atoms with van der Waals surface area (Å²) < 4.78 is 0. The highest BCUT2D eigenvalue weighted by molar-refractivity contribution is 5.96. The summed E-state index contributed by atoms with van der Waals surface area (Å²) in [6, 6.07) is 7.73. The highest BCUT2D eigenvalue weighted by Crippen LogP contribution is 2.44. The Morgan fingerprint density at radius 2 is 2.13 bits per heavy atom. The Labute approximate surface area is 135 Å². The highest BCUT2D eigenvalue weighted by Gasteiger charge is 2.49. The molecule has 2 aromatic rings. The Hall–Kier alpha value is -2.21. The summed E-state index contributed by atoms with van der Waals surface area (Å²) in [4.78, 5) is 17.0. The molecule has 0 radical (unpaired) electrons. The molecule has 2 aliphatic rings. The third-order valence-electron chi connectivity index (χ3n) is 5.32. The van der Waals surface area contributed by atoms with Crippen molar-refractivity contribution in [1.29, 1.82) is 0 Å². The molecule has 1 aromatic carbocycles. The zero-order valence-electron chi connectivity index (χ0n) is 13.0. The fourth-order valence-electron chi connectivity index (χ4n) is 4.00. The van der Waals surface area contributed by atoms with E-state index in [0.29, 0.717) is 5.92 Å². The average molecular weight is 311 g/mol. The standard InChI is InChI=1S/C17H21N5O/c23-16(17-8-2-1-3-13(17)9-18-10-17)21-14-6-4-12(5-7-14)15-19-11-20-22-15/h4-7,11,13,18H,1-3,8-10H2,(H,21,23)(H,19,20,22)/t13-,17+/m0/s1. The normalized spacial score (nSPS) is 26.7. The number of benzene rings is 1. The molecule has 1 aliphatic heterocycles. The monoisotopic (exact) mass is 311 g/mol. The molecule has 4 rings (SSSR count). The zero-order chi connectivity index (χ0) is 15.7. The molecule has 2 heterocycles. The van der Waals surface area contributed by atoms with Gasteiger partial charge in [0.2, 0.25) is 5.91 Å². The van der Waals surface area contributed by atoms with E-state index in [9.17, 15) is 4.79 Å². The summed E-state index contributed by atoms with van der Waals surface area (Å²) in [5.74, 6) is 1.37. The van der Waals surface area contributed by atoms with Crippen LogP contribution < -0.4 is 10.6 Å². The van der Waals surface area contributed by atoms with Gasteiger partial charge in [-0.3, -0.25) is 9.89 Å². The molecule has 1 aromatic heterocycles. The molecule has 0 unspecified atom stereocenters. The third-order valence-corrected chi connectivity index (χ3v) is 5.32. The predicted octanol–water partition coefficient (Wildman–Crippen LogP) is 2.19. The van der Waals surface area contributed by atoms with Gasteiger partial charge in [0.05, 0.1) is 5.41 Å². The maximum atomic E-state index is 12.9. The quantitative estimate of drug-likeness (QED) is 0.811. The molecule has 2 atom stereocenters. The van der Waals surface area contributed by atoms with Crippen molar-refractivity contribution in [2.45, 2.75) is 25.7 Å². The van der Waals surface area contributed by atoms with E-state index >= 15 is 0 Å². The molecule has 1 saturated heterocycles. The average Bonchev–Trinajstić information content (AvgIpc) is 3.25. The van der Waals surface area contributed by atoms with Gasteiger partial charge in [0.1, 0.15) is 6.33 Å². The number of rotatable bonds is 3. The number of anilines is 1. The second kappa shape index (κ2) is 5.77. The van der Waals surface area contributed by atoms with E-state index in [1.165, 1.54) is 12.7 Å². The minimum Gasteiger partial charge on any atom is -0.326 e. The third kappa shape index (κ3) is 2.53. The number of carbonyl (C=O) groups is 1.